The SMILES string of the molecule is CCOc1cc(-c2ccc(N3CCNC4(CC4)C3)nc2)c2c3cn[nH]c3nn2c1. The van der Waals surface area contributed by atoms with Gasteiger partial charge in [-0.1, -0.05) is 0 Å². The molecular weight excluding hydrogens is 366 g/mol. The Labute approximate surface area is 167 Å². The lowest BCUT2D eigenvalue weighted by molar-refractivity contribution is 0.338. The smallest absolute Gasteiger partial charge is 0.178 e. The van der Waals surface area contributed by atoms with Crippen LogP contribution in [0, 0.1) is 0 Å². The average Bonchev–Trinajstić information content (AvgIpc) is 3.17. The van der Waals surface area contributed by atoms with Crippen LogP contribution >= 0.6 is 0 Å². The van der Waals surface area contributed by atoms with Crippen LogP contribution in [0.2, 0.25) is 0 Å². The lowest BCUT2D eigenvalue weighted by Gasteiger charge is -2.34. The predicted octanol–water partition coefficient (Wildman–Crippen LogP) is 2.61. The fourth-order valence-electron chi connectivity index (χ4n) is 4.38. The van der Waals surface area contributed by atoms with E-state index in [4.69, 9.17) is 9.72 Å². The highest BCUT2D eigenvalue weighted by Crippen LogP contribution is 2.39. The molecule has 6 rings (SSSR count). The summed E-state index contributed by atoms with van der Waals surface area (Å²) in [5.74, 6) is 1.83. The van der Waals surface area contributed by atoms with Crippen LogP contribution in [0.1, 0.15) is 19.8 Å². The molecule has 0 amide bonds. The van der Waals surface area contributed by atoms with Gasteiger partial charge in [-0.15, -0.1) is 5.10 Å². The number of anilines is 1. The Bertz CT molecular complexity index is 1190. The molecule has 8 heteroatoms. The summed E-state index contributed by atoms with van der Waals surface area (Å²) in [6.45, 7) is 5.65. The Balaban J connectivity index is 1.42. The van der Waals surface area contributed by atoms with Gasteiger partial charge < -0.3 is 15.0 Å². The van der Waals surface area contributed by atoms with Gasteiger partial charge in [0.25, 0.3) is 0 Å². The van der Waals surface area contributed by atoms with Crippen molar-refractivity contribution in [2.75, 3.05) is 31.1 Å². The molecule has 0 bridgehead atoms. The van der Waals surface area contributed by atoms with Gasteiger partial charge in [-0.3, -0.25) is 5.10 Å². The van der Waals surface area contributed by atoms with E-state index in [1.165, 1.54) is 12.8 Å². The summed E-state index contributed by atoms with van der Waals surface area (Å²) < 4.78 is 7.64. The molecule has 0 radical (unpaired) electrons. The van der Waals surface area contributed by atoms with Crippen molar-refractivity contribution < 1.29 is 4.74 Å². The van der Waals surface area contributed by atoms with Crippen LogP contribution in [0.25, 0.3) is 27.7 Å². The Morgan fingerprint density at radius 2 is 2.17 bits per heavy atom. The minimum atomic E-state index is 0.334. The fraction of sp³-hybridized carbons (Fsp3) is 0.381. The molecule has 4 aromatic heterocycles. The number of fused-ring (bicyclic) bond motifs is 3. The molecule has 8 nitrogen and oxygen atoms in total. The van der Waals surface area contributed by atoms with Gasteiger partial charge in [0.1, 0.15) is 11.6 Å². The van der Waals surface area contributed by atoms with E-state index in [9.17, 15) is 0 Å². The third kappa shape index (κ3) is 2.74. The van der Waals surface area contributed by atoms with Gasteiger partial charge in [-0.05, 0) is 38.0 Å². The van der Waals surface area contributed by atoms with Crippen LogP contribution in [0.4, 0.5) is 5.82 Å². The van der Waals surface area contributed by atoms with Gasteiger partial charge >= 0.3 is 0 Å². The molecular formula is C21H23N7O. The normalized spacial score (nSPS) is 18.0. The number of nitrogens with zero attached hydrogens (tertiary/aromatic N) is 5. The van der Waals surface area contributed by atoms with Crippen LogP contribution < -0.4 is 15.0 Å². The summed E-state index contributed by atoms with van der Waals surface area (Å²) in [4.78, 5) is 7.21. The Morgan fingerprint density at radius 3 is 2.97 bits per heavy atom. The lowest BCUT2D eigenvalue weighted by atomic mass is 10.1. The van der Waals surface area contributed by atoms with E-state index >= 15 is 0 Å². The monoisotopic (exact) mass is 389 g/mol. The zero-order valence-electron chi connectivity index (χ0n) is 16.4. The Morgan fingerprint density at radius 1 is 1.24 bits per heavy atom. The molecule has 4 aromatic rings. The van der Waals surface area contributed by atoms with Crippen molar-refractivity contribution >= 4 is 22.4 Å². The summed E-state index contributed by atoms with van der Waals surface area (Å²) >= 11 is 0. The number of H-pyrrole nitrogens is 1. The molecule has 29 heavy (non-hydrogen) atoms. The number of hydrogen-bond donors (Lipinski definition) is 2. The first-order valence-corrected chi connectivity index (χ1v) is 10.2. The van der Waals surface area contributed by atoms with Crippen LogP contribution in [0.5, 0.6) is 5.75 Å². The van der Waals surface area contributed by atoms with Crippen LogP contribution in [0.3, 0.4) is 0 Å². The molecule has 5 heterocycles. The number of pyridine rings is 2. The molecule has 1 saturated heterocycles. The summed E-state index contributed by atoms with van der Waals surface area (Å²) in [5, 5.41) is 16.3. The molecule has 148 valence electrons. The van der Waals surface area contributed by atoms with Gasteiger partial charge in [0, 0.05) is 42.5 Å². The maximum atomic E-state index is 5.78. The average molecular weight is 389 g/mol. The molecule has 1 aliphatic carbocycles. The lowest BCUT2D eigenvalue weighted by Crippen LogP contribution is -2.52. The van der Waals surface area contributed by atoms with Crippen LogP contribution in [-0.2, 0) is 0 Å². The van der Waals surface area contributed by atoms with Gasteiger partial charge in [-0.2, -0.15) is 5.10 Å². The van der Waals surface area contributed by atoms with Gasteiger partial charge in [0.05, 0.1) is 29.9 Å². The van der Waals surface area contributed by atoms with Crippen molar-refractivity contribution in [3.8, 4) is 16.9 Å². The van der Waals surface area contributed by atoms with Crippen LogP contribution in [-0.4, -0.2) is 56.6 Å². The highest BCUT2D eigenvalue weighted by molar-refractivity contribution is 6.00. The molecule has 0 aromatic carbocycles. The fourth-order valence-corrected chi connectivity index (χ4v) is 4.38. The predicted molar refractivity (Wildman–Crippen MR) is 111 cm³/mol. The quantitative estimate of drug-likeness (QED) is 0.558. The largest absolute Gasteiger partial charge is 0.492 e. The maximum Gasteiger partial charge on any atom is 0.178 e. The number of rotatable bonds is 4. The van der Waals surface area contributed by atoms with Gasteiger partial charge in [0.15, 0.2) is 5.65 Å². The van der Waals surface area contributed by atoms with Crippen molar-refractivity contribution in [3.63, 3.8) is 0 Å². The zero-order chi connectivity index (χ0) is 19.4. The molecule has 2 aliphatic rings. The third-order valence-corrected chi connectivity index (χ3v) is 6.03. The first kappa shape index (κ1) is 16.8. The minimum absolute atomic E-state index is 0.334. The molecule has 2 fully saturated rings. The number of nitrogens with one attached hydrogen (secondary N) is 2. The van der Waals surface area contributed by atoms with E-state index in [0.29, 0.717) is 12.1 Å². The van der Waals surface area contributed by atoms with E-state index in [2.05, 4.69) is 43.7 Å². The number of hydrogen-bond acceptors (Lipinski definition) is 6. The summed E-state index contributed by atoms with van der Waals surface area (Å²) in [7, 11) is 0. The van der Waals surface area contributed by atoms with E-state index < -0.39 is 0 Å². The number of ether oxygens (including phenoxy) is 1. The van der Waals surface area contributed by atoms with Gasteiger partial charge in [0.2, 0.25) is 0 Å². The molecule has 0 atom stereocenters. The van der Waals surface area contributed by atoms with Crippen LogP contribution in [0.15, 0.2) is 36.8 Å². The number of aromatic nitrogens is 5. The van der Waals surface area contributed by atoms with E-state index in [-0.39, 0.29) is 0 Å². The molecule has 0 unspecified atom stereocenters. The molecule has 1 spiro atoms. The molecule has 2 N–H and O–H groups in total. The van der Waals surface area contributed by atoms with Crippen molar-refractivity contribution in [2.24, 2.45) is 0 Å². The Hall–Kier alpha value is -3.13. The highest BCUT2D eigenvalue weighted by Gasteiger charge is 2.45. The zero-order valence-corrected chi connectivity index (χ0v) is 16.4. The van der Waals surface area contributed by atoms with E-state index in [1.807, 2.05) is 30.0 Å². The topological polar surface area (TPSA) is 83.4 Å². The second-order valence-electron chi connectivity index (χ2n) is 7.98. The molecule has 1 aliphatic heterocycles. The Kier molecular flexibility index (Phi) is 3.58. The standard InChI is InChI=1S/C21H23N7O/c1-2-29-15-9-16(19-17-11-24-25-20(17)26-28(19)12-15)14-3-4-18(22-10-14)27-8-7-23-21(13-27)5-6-21/h3-4,9-12,23H,2,5-8,13H2,1H3,(H,25,26). The highest BCUT2D eigenvalue weighted by atomic mass is 16.5. The number of aromatic amines is 1. The second-order valence-corrected chi connectivity index (χ2v) is 7.98. The first-order valence-electron chi connectivity index (χ1n) is 10.2. The summed E-state index contributed by atoms with van der Waals surface area (Å²) in [6, 6.07) is 6.34. The van der Waals surface area contributed by atoms with Crippen molar-refractivity contribution in [3.05, 3.63) is 36.8 Å². The third-order valence-electron chi connectivity index (χ3n) is 6.03. The summed E-state index contributed by atoms with van der Waals surface area (Å²) in [6.07, 6.45) is 8.23. The maximum absolute atomic E-state index is 5.78. The van der Waals surface area contributed by atoms with Crippen molar-refractivity contribution in [2.45, 2.75) is 25.3 Å². The molecule has 1 saturated carbocycles. The minimum Gasteiger partial charge on any atom is -0.492 e. The second kappa shape index (κ2) is 6.18. The van der Waals surface area contributed by atoms with Crippen molar-refractivity contribution in [1.29, 1.82) is 0 Å². The van der Waals surface area contributed by atoms with Gasteiger partial charge in [-0.25, -0.2) is 9.50 Å². The number of piperazine rings is 1. The first-order chi connectivity index (χ1) is 14.2. The van der Waals surface area contributed by atoms with E-state index in [0.717, 1.165) is 58.9 Å². The van der Waals surface area contributed by atoms with Crippen molar-refractivity contribution in [1.82, 2.24) is 30.1 Å². The summed E-state index contributed by atoms with van der Waals surface area (Å²) in [5.41, 5.74) is 4.18. The van der Waals surface area contributed by atoms with E-state index in [1.54, 1.807) is 0 Å².